The van der Waals surface area contributed by atoms with Crippen LogP contribution in [0.5, 0.6) is 0 Å². The average molecular weight is 293 g/mol. The highest BCUT2D eigenvalue weighted by Gasteiger charge is 2.32. The zero-order valence-corrected chi connectivity index (χ0v) is 12.9. The van der Waals surface area contributed by atoms with Gasteiger partial charge in [0.2, 0.25) is 5.95 Å². The van der Waals surface area contributed by atoms with Crippen LogP contribution < -0.4 is 4.90 Å². The fourth-order valence-corrected chi connectivity index (χ4v) is 2.95. The first-order valence-corrected chi connectivity index (χ1v) is 7.73. The van der Waals surface area contributed by atoms with Crippen LogP contribution in [-0.4, -0.2) is 32.4 Å². The largest absolute Gasteiger partial charge is 0.339 e. The maximum Gasteiger partial charge on any atom is 0.225 e. The van der Waals surface area contributed by atoms with Crippen LogP contribution in [0.1, 0.15) is 29.7 Å². The molecule has 1 saturated heterocycles. The highest BCUT2D eigenvalue weighted by Crippen LogP contribution is 2.31. The van der Waals surface area contributed by atoms with E-state index >= 15 is 0 Å². The predicted octanol–water partition coefficient (Wildman–Crippen LogP) is 2.60. The van der Waals surface area contributed by atoms with Crippen molar-refractivity contribution >= 4 is 11.5 Å². The molecular weight excluding hydrogens is 274 g/mol. The van der Waals surface area contributed by atoms with E-state index in [0.29, 0.717) is 5.92 Å². The number of nitrogens with zero attached hydrogens (tertiary/aromatic N) is 5. The van der Waals surface area contributed by atoms with Crippen molar-refractivity contribution in [1.82, 2.24) is 19.4 Å². The smallest absolute Gasteiger partial charge is 0.225 e. The molecule has 3 aromatic rings. The highest BCUT2D eigenvalue weighted by atomic mass is 15.3. The van der Waals surface area contributed by atoms with Gasteiger partial charge in [-0.25, -0.2) is 15.0 Å². The van der Waals surface area contributed by atoms with Crippen molar-refractivity contribution < 1.29 is 0 Å². The second-order valence-corrected chi connectivity index (χ2v) is 5.98. The fourth-order valence-electron chi connectivity index (χ4n) is 2.95. The SMILES string of the molecule is CCc1ccc2c(C3CN(c4ncc(C)cn4)C3)ncn2c1. The van der Waals surface area contributed by atoms with E-state index in [4.69, 9.17) is 0 Å². The Morgan fingerprint density at radius 1 is 1.14 bits per heavy atom. The van der Waals surface area contributed by atoms with E-state index in [1.165, 1.54) is 16.8 Å². The van der Waals surface area contributed by atoms with Gasteiger partial charge in [0, 0.05) is 37.6 Å². The zero-order valence-electron chi connectivity index (χ0n) is 12.9. The summed E-state index contributed by atoms with van der Waals surface area (Å²) in [6, 6.07) is 4.38. The molecule has 1 aliphatic heterocycles. The molecule has 0 aliphatic carbocycles. The molecule has 0 atom stereocenters. The Bertz CT molecular complexity index is 800. The summed E-state index contributed by atoms with van der Waals surface area (Å²) < 4.78 is 2.14. The number of anilines is 1. The molecule has 112 valence electrons. The van der Waals surface area contributed by atoms with E-state index in [2.05, 4.69) is 49.5 Å². The molecule has 3 aromatic heterocycles. The molecule has 4 rings (SSSR count). The van der Waals surface area contributed by atoms with Crippen LogP contribution in [-0.2, 0) is 6.42 Å². The van der Waals surface area contributed by atoms with Crippen LogP contribution in [0, 0.1) is 6.92 Å². The Kier molecular flexibility index (Phi) is 3.06. The average Bonchev–Trinajstić information content (AvgIpc) is 2.90. The molecule has 1 fully saturated rings. The van der Waals surface area contributed by atoms with Crippen molar-refractivity contribution in [3.05, 3.63) is 53.9 Å². The van der Waals surface area contributed by atoms with Gasteiger partial charge in [-0.05, 0) is 30.5 Å². The lowest BCUT2D eigenvalue weighted by Crippen LogP contribution is -2.46. The number of rotatable bonds is 3. The predicted molar refractivity (Wildman–Crippen MR) is 86.3 cm³/mol. The lowest BCUT2D eigenvalue weighted by atomic mass is 9.96. The molecule has 1 aliphatic rings. The number of pyridine rings is 1. The Labute approximate surface area is 129 Å². The van der Waals surface area contributed by atoms with E-state index in [1.54, 1.807) is 0 Å². The van der Waals surface area contributed by atoms with Crippen molar-refractivity contribution in [3.8, 4) is 0 Å². The topological polar surface area (TPSA) is 46.3 Å². The summed E-state index contributed by atoms with van der Waals surface area (Å²) in [4.78, 5) is 15.6. The zero-order chi connectivity index (χ0) is 15.1. The molecule has 0 spiro atoms. The van der Waals surface area contributed by atoms with Gasteiger partial charge >= 0.3 is 0 Å². The number of fused-ring (bicyclic) bond motifs is 1. The van der Waals surface area contributed by atoms with Gasteiger partial charge in [-0.15, -0.1) is 0 Å². The van der Waals surface area contributed by atoms with Crippen molar-refractivity contribution in [1.29, 1.82) is 0 Å². The van der Waals surface area contributed by atoms with E-state index in [9.17, 15) is 0 Å². The fraction of sp³-hybridized carbons (Fsp3) is 0.353. The molecule has 0 bridgehead atoms. The Hall–Kier alpha value is -2.43. The standard InChI is InChI=1S/C17H19N5/c1-3-13-4-5-15-16(20-11-22(15)8-13)14-9-21(10-14)17-18-6-12(2)7-19-17/h4-8,11,14H,3,9-10H2,1-2H3. The summed E-state index contributed by atoms with van der Waals surface area (Å²) in [5, 5.41) is 0. The van der Waals surface area contributed by atoms with Crippen molar-refractivity contribution in [2.24, 2.45) is 0 Å². The van der Waals surface area contributed by atoms with E-state index in [1.807, 2.05) is 25.6 Å². The Morgan fingerprint density at radius 2 is 1.91 bits per heavy atom. The molecule has 0 aromatic carbocycles. The first-order valence-electron chi connectivity index (χ1n) is 7.73. The number of imidazole rings is 1. The number of hydrogen-bond acceptors (Lipinski definition) is 4. The van der Waals surface area contributed by atoms with Gasteiger partial charge in [0.05, 0.1) is 17.5 Å². The van der Waals surface area contributed by atoms with Gasteiger partial charge in [-0.1, -0.05) is 13.0 Å². The summed E-state index contributed by atoms with van der Waals surface area (Å²) in [6.07, 6.45) is 8.88. The summed E-state index contributed by atoms with van der Waals surface area (Å²) in [6.45, 7) is 6.05. The molecule has 0 N–H and O–H groups in total. The van der Waals surface area contributed by atoms with Crippen molar-refractivity contribution in [2.75, 3.05) is 18.0 Å². The van der Waals surface area contributed by atoms with Crippen molar-refractivity contribution in [3.63, 3.8) is 0 Å². The molecule has 0 saturated carbocycles. The minimum Gasteiger partial charge on any atom is -0.339 e. The lowest BCUT2D eigenvalue weighted by molar-refractivity contribution is 0.507. The lowest BCUT2D eigenvalue weighted by Gasteiger charge is -2.38. The van der Waals surface area contributed by atoms with Crippen LogP contribution >= 0.6 is 0 Å². The number of aromatic nitrogens is 4. The normalized spacial score (nSPS) is 15.3. The third-order valence-corrected chi connectivity index (χ3v) is 4.35. The number of hydrogen-bond donors (Lipinski definition) is 0. The van der Waals surface area contributed by atoms with Crippen LogP contribution in [0.25, 0.3) is 5.52 Å². The molecule has 0 radical (unpaired) electrons. The second-order valence-electron chi connectivity index (χ2n) is 5.98. The molecular formula is C17H19N5. The maximum absolute atomic E-state index is 4.63. The highest BCUT2D eigenvalue weighted by molar-refractivity contribution is 5.56. The summed E-state index contributed by atoms with van der Waals surface area (Å²) in [7, 11) is 0. The van der Waals surface area contributed by atoms with Crippen molar-refractivity contribution in [2.45, 2.75) is 26.2 Å². The van der Waals surface area contributed by atoms with Crippen LogP contribution in [0.2, 0.25) is 0 Å². The Morgan fingerprint density at radius 3 is 2.64 bits per heavy atom. The molecule has 5 heteroatoms. The van der Waals surface area contributed by atoms with E-state index < -0.39 is 0 Å². The minimum atomic E-state index is 0.461. The van der Waals surface area contributed by atoms with Crippen LogP contribution in [0.15, 0.2) is 37.1 Å². The molecule has 22 heavy (non-hydrogen) atoms. The molecule has 0 unspecified atom stereocenters. The second kappa shape index (κ2) is 5.09. The molecule has 0 amide bonds. The Balaban J connectivity index is 1.54. The van der Waals surface area contributed by atoms with E-state index in [0.717, 1.165) is 31.0 Å². The van der Waals surface area contributed by atoms with Crippen LogP contribution in [0.3, 0.4) is 0 Å². The molecule has 4 heterocycles. The monoisotopic (exact) mass is 293 g/mol. The van der Waals surface area contributed by atoms with Gasteiger partial charge in [-0.3, -0.25) is 0 Å². The minimum absolute atomic E-state index is 0.461. The van der Waals surface area contributed by atoms with Gasteiger partial charge in [0.25, 0.3) is 0 Å². The quantitative estimate of drug-likeness (QED) is 0.744. The maximum atomic E-state index is 4.63. The molecule has 5 nitrogen and oxygen atoms in total. The first kappa shape index (κ1) is 13.2. The number of aryl methyl sites for hydroxylation is 2. The summed E-state index contributed by atoms with van der Waals surface area (Å²) in [5.41, 5.74) is 4.82. The summed E-state index contributed by atoms with van der Waals surface area (Å²) in [5.74, 6) is 1.28. The van der Waals surface area contributed by atoms with Gasteiger partial charge < -0.3 is 9.30 Å². The summed E-state index contributed by atoms with van der Waals surface area (Å²) >= 11 is 0. The van der Waals surface area contributed by atoms with Gasteiger partial charge in [0.1, 0.15) is 0 Å². The van der Waals surface area contributed by atoms with E-state index in [-0.39, 0.29) is 0 Å². The third kappa shape index (κ3) is 2.13. The van der Waals surface area contributed by atoms with Gasteiger partial charge in [-0.2, -0.15) is 0 Å². The van der Waals surface area contributed by atoms with Crippen LogP contribution in [0.4, 0.5) is 5.95 Å². The van der Waals surface area contributed by atoms with Gasteiger partial charge in [0.15, 0.2) is 0 Å². The first-order chi connectivity index (χ1) is 10.7. The third-order valence-electron chi connectivity index (χ3n) is 4.35.